The lowest BCUT2D eigenvalue weighted by atomic mass is 9.89. The number of rotatable bonds is 12. The maximum Gasteiger partial charge on any atom is 0.407 e. The Kier molecular flexibility index (Phi) is 12.2. The molecule has 0 aliphatic carbocycles. The maximum absolute atomic E-state index is 14.0. The predicted molar refractivity (Wildman–Crippen MR) is 236 cm³/mol. The second-order valence-electron chi connectivity index (χ2n) is 18.1. The van der Waals surface area contributed by atoms with Crippen molar-refractivity contribution in [2.75, 3.05) is 27.4 Å². The van der Waals surface area contributed by atoms with Crippen LogP contribution in [-0.2, 0) is 25.6 Å². The fourth-order valence-electron chi connectivity index (χ4n) is 10.5. The molecule has 0 bridgehead atoms. The molecule has 2 amide bonds. The Morgan fingerprint density at radius 2 is 1.68 bits per heavy atom. The Morgan fingerprint density at radius 3 is 2.44 bits per heavy atom. The third kappa shape index (κ3) is 8.17. The Bertz CT molecular complexity index is 2460. The van der Waals surface area contributed by atoms with Crippen LogP contribution in [0, 0.1) is 11.8 Å². The Morgan fingerprint density at radius 1 is 0.905 bits per heavy atom. The number of aromatic nitrogens is 4. The van der Waals surface area contributed by atoms with Crippen molar-refractivity contribution < 1.29 is 38.7 Å². The number of methoxy groups -OCH3 is 2. The number of imidazole rings is 2. The zero-order valence-electron chi connectivity index (χ0n) is 36.9. The van der Waals surface area contributed by atoms with Crippen LogP contribution in [0.4, 0.5) is 4.79 Å². The quantitative estimate of drug-likeness (QED) is 0.0773. The van der Waals surface area contributed by atoms with Crippen molar-refractivity contribution >= 4 is 33.8 Å². The minimum atomic E-state index is -1.20. The third-order valence-electron chi connectivity index (χ3n) is 13.9. The average Bonchev–Trinajstić information content (AvgIpc) is 4.12. The lowest BCUT2D eigenvalue weighted by Crippen LogP contribution is -2.58. The molecular weight excluding hydrogens is 805 g/mol. The van der Waals surface area contributed by atoms with Crippen LogP contribution in [0.5, 0.6) is 5.75 Å². The summed E-state index contributed by atoms with van der Waals surface area (Å²) >= 11 is 0. The molecule has 8 atom stereocenters. The van der Waals surface area contributed by atoms with Crippen LogP contribution >= 0.6 is 0 Å². The van der Waals surface area contributed by atoms with Crippen LogP contribution in [0.15, 0.2) is 48.7 Å². The van der Waals surface area contributed by atoms with E-state index in [9.17, 15) is 19.8 Å². The first-order valence-electron chi connectivity index (χ1n) is 22.4. The van der Waals surface area contributed by atoms with Crippen LogP contribution in [0.25, 0.3) is 44.2 Å². The SMILES string of the molecule is COC(=O)NC(C(=O)N1[C@@H](C)CC[C@H]1c1nc2c(ccc3cc4c(cc32)OCc2cc(-c3cnc([C@@H]5CC[C@H](C)N5C(O)[C@@H](NC(O)OC)C5CCOCC5)[nH]3)ccc2-4)[nH]1)C(C)C. The fraction of sp³-hybridized carbons (Fsp3) is 0.532. The number of nitrogens with zero attached hydrogens (tertiary/aromatic N) is 4. The number of hydrogen-bond donors (Lipinski definition) is 6. The summed E-state index contributed by atoms with van der Waals surface area (Å²) in [7, 11) is 2.74. The molecule has 16 nitrogen and oxygen atoms in total. The number of ether oxygens (including phenoxy) is 4. The Hall–Kier alpha value is -5.10. The molecule has 3 unspecified atom stereocenters. The zero-order valence-corrected chi connectivity index (χ0v) is 36.9. The van der Waals surface area contributed by atoms with Gasteiger partial charge in [-0.1, -0.05) is 32.0 Å². The van der Waals surface area contributed by atoms with Crippen molar-refractivity contribution in [3.05, 3.63) is 65.9 Å². The number of hydrogen-bond acceptors (Lipinski definition) is 12. The van der Waals surface area contributed by atoms with E-state index in [1.165, 1.54) is 14.2 Å². The lowest BCUT2D eigenvalue weighted by Gasteiger charge is -2.41. The van der Waals surface area contributed by atoms with E-state index in [1.807, 2.05) is 37.9 Å². The number of H-pyrrole nitrogens is 2. The first-order chi connectivity index (χ1) is 30.4. The van der Waals surface area contributed by atoms with Gasteiger partial charge in [0.15, 0.2) is 0 Å². The molecule has 336 valence electrons. The van der Waals surface area contributed by atoms with E-state index in [0.717, 1.165) is 106 Å². The van der Waals surface area contributed by atoms with Gasteiger partial charge in [0.05, 0.1) is 48.2 Å². The first kappa shape index (κ1) is 43.2. The van der Waals surface area contributed by atoms with Gasteiger partial charge in [0.2, 0.25) is 12.3 Å². The highest BCUT2D eigenvalue weighted by Crippen LogP contribution is 2.44. The van der Waals surface area contributed by atoms with Gasteiger partial charge in [-0.3, -0.25) is 15.0 Å². The highest BCUT2D eigenvalue weighted by molar-refractivity contribution is 6.07. The number of aromatic amines is 2. The summed E-state index contributed by atoms with van der Waals surface area (Å²) in [5.74, 6) is 2.13. The van der Waals surface area contributed by atoms with Gasteiger partial charge < -0.3 is 49.3 Å². The number of benzene rings is 3. The molecule has 6 N–H and O–H groups in total. The zero-order chi connectivity index (χ0) is 44.1. The molecule has 9 rings (SSSR count). The minimum absolute atomic E-state index is 0.0222. The molecule has 0 spiro atoms. The van der Waals surface area contributed by atoms with Crippen LogP contribution in [-0.4, -0.2) is 116 Å². The molecule has 2 aromatic heterocycles. The van der Waals surface area contributed by atoms with Crippen molar-refractivity contribution in [3.63, 3.8) is 0 Å². The number of amides is 2. The van der Waals surface area contributed by atoms with Crippen LogP contribution in [0.1, 0.15) is 95.5 Å². The topological polar surface area (TPSA) is 199 Å². The lowest BCUT2D eigenvalue weighted by molar-refractivity contribution is -0.143. The molecule has 0 saturated carbocycles. The molecular formula is C47H60N8O8. The second kappa shape index (κ2) is 17.8. The minimum Gasteiger partial charge on any atom is -0.488 e. The van der Waals surface area contributed by atoms with Gasteiger partial charge in [-0.05, 0) is 111 Å². The Balaban J connectivity index is 0.958. The standard InChI is InChI=1S/C47H60N8O8/c1-24(2)39(52-46(58)60-5)44(56)55-26(4)8-14-37(55)43-49-34-12-10-28-20-33-31-11-9-29(19-30(31)23-63-38(33)21-32(28)41(34)51-43)35-22-48-42(50-35)36-13-7-25(3)54(36)45(57)40(53-47(59)61-6)27-15-17-62-18-16-27/h9-12,19-22,24-27,36-37,39-40,45,47,53,57,59H,7-8,13-18,23H2,1-6H3,(H,48,50)(H,49,51)(H,52,58)/t25-,26-,36-,37-,39?,40-,45?,47?/m0/s1. The van der Waals surface area contributed by atoms with Gasteiger partial charge in [-0.2, -0.15) is 0 Å². The van der Waals surface area contributed by atoms with Crippen molar-refractivity contribution in [2.45, 2.75) is 122 Å². The molecule has 16 heteroatoms. The van der Waals surface area contributed by atoms with E-state index in [0.29, 0.717) is 19.8 Å². The highest BCUT2D eigenvalue weighted by Gasteiger charge is 2.44. The highest BCUT2D eigenvalue weighted by atomic mass is 16.6. The molecule has 0 radical (unpaired) electrons. The molecule has 4 aliphatic heterocycles. The number of fused-ring (bicyclic) bond motifs is 6. The van der Waals surface area contributed by atoms with Crippen LogP contribution in [0.2, 0.25) is 0 Å². The number of likely N-dealkylation sites (tertiary alicyclic amines) is 2. The van der Waals surface area contributed by atoms with E-state index in [-0.39, 0.29) is 41.9 Å². The number of nitrogens with one attached hydrogen (secondary N) is 4. The van der Waals surface area contributed by atoms with E-state index >= 15 is 0 Å². The van der Waals surface area contributed by atoms with Gasteiger partial charge in [0.25, 0.3) is 0 Å². The van der Waals surface area contributed by atoms with Gasteiger partial charge in [0.1, 0.15) is 36.3 Å². The molecule has 4 aliphatic rings. The Labute approximate surface area is 367 Å². The summed E-state index contributed by atoms with van der Waals surface area (Å²) < 4.78 is 22.1. The van der Waals surface area contributed by atoms with Gasteiger partial charge in [-0.25, -0.2) is 14.8 Å². The summed E-state index contributed by atoms with van der Waals surface area (Å²) in [6.45, 7) is 9.63. The number of aliphatic hydroxyl groups excluding tert-OH is 2. The fourth-order valence-corrected chi connectivity index (χ4v) is 10.5. The number of carbonyl (C=O) groups is 2. The molecule has 3 saturated heterocycles. The molecule has 63 heavy (non-hydrogen) atoms. The molecule has 6 heterocycles. The number of aliphatic hydroxyl groups is 2. The third-order valence-corrected chi connectivity index (χ3v) is 13.9. The van der Waals surface area contributed by atoms with Crippen molar-refractivity contribution in [3.8, 4) is 28.1 Å². The molecule has 3 aromatic carbocycles. The summed E-state index contributed by atoms with van der Waals surface area (Å²) in [6.07, 6.45) is 4.03. The summed E-state index contributed by atoms with van der Waals surface area (Å²) in [6, 6.07) is 13.3. The van der Waals surface area contributed by atoms with E-state index < -0.39 is 30.8 Å². The van der Waals surface area contributed by atoms with Crippen LogP contribution < -0.4 is 15.4 Å². The smallest absolute Gasteiger partial charge is 0.407 e. The van der Waals surface area contributed by atoms with Crippen molar-refractivity contribution in [2.24, 2.45) is 11.8 Å². The number of alkyl carbamates (subject to hydrolysis) is 1. The van der Waals surface area contributed by atoms with Gasteiger partial charge in [-0.15, -0.1) is 0 Å². The van der Waals surface area contributed by atoms with Gasteiger partial charge in [0, 0.05) is 43.4 Å². The van der Waals surface area contributed by atoms with E-state index in [4.69, 9.17) is 28.9 Å². The van der Waals surface area contributed by atoms with E-state index in [2.05, 4.69) is 68.8 Å². The summed E-state index contributed by atoms with van der Waals surface area (Å²) in [4.78, 5) is 47.3. The monoisotopic (exact) mass is 864 g/mol. The normalized spacial score (nSPS) is 23.7. The summed E-state index contributed by atoms with van der Waals surface area (Å²) in [5, 5.41) is 30.3. The van der Waals surface area contributed by atoms with Gasteiger partial charge >= 0.3 is 6.09 Å². The number of carbonyl (C=O) groups excluding carboxylic acids is 2. The average molecular weight is 865 g/mol. The predicted octanol–water partition coefficient (Wildman–Crippen LogP) is 6.25. The maximum atomic E-state index is 14.0. The second-order valence-corrected chi connectivity index (χ2v) is 18.1. The molecule has 3 fully saturated rings. The van der Waals surface area contributed by atoms with Crippen molar-refractivity contribution in [1.29, 1.82) is 0 Å². The van der Waals surface area contributed by atoms with Crippen LogP contribution in [0.3, 0.4) is 0 Å². The van der Waals surface area contributed by atoms with E-state index in [1.54, 1.807) is 0 Å². The largest absolute Gasteiger partial charge is 0.488 e. The van der Waals surface area contributed by atoms with Crippen molar-refractivity contribution in [1.82, 2.24) is 40.4 Å². The first-order valence-corrected chi connectivity index (χ1v) is 22.4. The molecule has 5 aromatic rings. The summed E-state index contributed by atoms with van der Waals surface area (Å²) in [5.41, 5.74) is 6.73.